The first-order valence-corrected chi connectivity index (χ1v) is 11.9. The van der Waals surface area contributed by atoms with E-state index in [2.05, 4.69) is 24.0 Å². The third kappa shape index (κ3) is 4.42. The average Bonchev–Trinajstić information content (AvgIpc) is 3.30. The minimum Gasteiger partial charge on any atom is -0.339 e. The predicted molar refractivity (Wildman–Crippen MR) is 118 cm³/mol. The van der Waals surface area contributed by atoms with Crippen LogP contribution in [0.2, 0.25) is 0 Å². The van der Waals surface area contributed by atoms with Crippen LogP contribution in [0.15, 0.2) is 57.9 Å². The first-order valence-electron chi connectivity index (χ1n) is 10.4. The number of aromatic nitrogens is 2. The number of piperidine rings is 1. The normalized spacial score (nSPS) is 17.5. The van der Waals surface area contributed by atoms with Crippen molar-refractivity contribution in [3.63, 3.8) is 0 Å². The van der Waals surface area contributed by atoms with Crippen molar-refractivity contribution in [3.8, 4) is 11.4 Å². The molecule has 0 aliphatic carbocycles. The average molecular weight is 457 g/mol. The molecule has 9 nitrogen and oxygen atoms in total. The molecule has 0 bridgehead atoms. The highest BCUT2D eigenvalue weighted by Gasteiger charge is 2.34. The second-order valence-electron chi connectivity index (χ2n) is 8.19. The number of hydrogen-bond donors (Lipinski definition) is 0. The summed E-state index contributed by atoms with van der Waals surface area (Å²) in [4.78, 5) is 14.9. The summed E-state index contributed by atoms with van der Waals surface area (Å²) in [5, 5.41) is 15.1. The van der Waals surface area contributed by atoms with Gasteiger partial charge in [-0.2, -0.15) is 9.29 Å². The molecule has 1 aliphatic rings. The van der Waals surface area contributed by atoms with Crippen LogP contribution < -0.4 is 0 Å². The Morgan fingerprint density at radius 3 is 2.62 bits per heavy atom. The van der Waals surface area contributed by atoms with Gasteiger partial charge in [-0.05, 0) is 30.4 Å². The van der Waals surface area contributed by atoms with Gasteiger partial charge in [-0.15, -0.1) is 0 Å². The van der Waals surface area contributed by atoms with Crippen LogP contribution in [-0.2, 0) is 10.0 Å². The zero-order chi connectivity index (χ0) is 22.9. The third-order valence-corrected chi connectivity index (χ3v) is 7.54. The van der Waals surface area contributed by atoms with Gasteiger partial charge in [0.15, 0.2) is 0 Å². The number of sulfonamides is 1. The van der Waals surface area contributed by atoms with Crippen molar-refractivity contribution < 1.29 is 17.9 Å². The number of non-ortho nitro benzene ring substituents is 1. The topological polar surface area (TPSA) is 119 Å². The molecule has 32 heavy (non-hydrogen) atoms. The van der Waals surface area contributed by atoms with E-state index in [1.807, 2.05) is 24.3 Å². The van der Waals surface area contributed by atoms with Crippen LogP contribution >= 0.6 is 0 Å². The Balaban J connectivity index is 1.53. The van der Waals surface area contributed by atoms with E-state index in [0.717, 1.165) is 18.1 Å². The van der Waals surface area contributed by atoms with Crippen molar-refractivity contribution in [2.45, 2.75) is 43.4 Å². The van der Waals surface area contributed by atoms with Gasteiger partial charge in [-0.1, -0.05) is 49.3 Å². The molecule has 2 aromatic carbocycles. The zero-order valence-corrected chi connectivity index (χ0v) is 18.7. The largest absolute Gasteiger partial charge is 0.339 e. The Bertz CT molecular complexity index is 1220. The summed E-state index contributed by atoms with van der Waals surface area (Å²) in [5.74, 6) is 1.04. The molecule has 1 aliphatic heterocycles. The number of rotatable bonds is 6. The van der Waals surface area contributed by atoms with E-state index in [-0.39, 0.29) is 23.0 Å². The lowest BCUT2D eigenvalue weighted by Gasteiger charge is -2.30. The van der Waals surface area contributed by atoms with Crippen LogP contribution in [0.25, 0.3) is 11.4 Å². The summed E-state index contributed by atoms with van der Waals surface area (Å²) < 4.78 is 33.0. The number of nitro groups is 1. The molecule has 1 unspecified atom stereocenters. The molecule has 4 rings (SSSR count). The fraction of sp³-hybridized carbons (Fsp3) is 0.364. The fourth-order valence-electron chi connectivity index (χ4n) is 3.80. The monoisotopic (exact) mass is 456 g/mol. The van der Waals surface area contributed by atoms with E-state index in [1.165, 1.54) is 28.1 Å². The van der Waals surface area contributed by atoms with Crippen LogP contribution in [0.4, 0.5) is 5.69 Å². The molecule has 168 valence electrons. The van der Waals surface area contributed by atoms with Crippen LogP contribution in [-0.4, -0.2) is 40.9 Å². The van der Waals surface area contributed by atoms with Gasteiger partial charge in [0.2, 0.25) is 21.7 Å². The first-order chi connectivity index (χ1) is 15.3. The zero-order valence-electron chi connectivity index (χ0n) is 17.8. The number of benzene rings is 2. The maximum Gasteiger partial charge on any atom is 0.270 e. The lowest BCUT2D eigenvalue weighted by Crippen LogP contribution is -2.39. The van der Waals surface area contributed by atoms with Crippen LogP contribution in [0.3, 0.4) is 0 Å². The Kier molecular flexibility index (Phi) is 6.07. The summed E-state index contributed by atoms with van der Waals surface area (Å²) in [7, 11) is -3.88. The summed E-state index contributed by atoms with van der Waals surface area (Å²) in [6.45, 7) is 4.76. The highest BCUT2D eigenvalue weighted by molar-refractivity contribution is 7.89. The molecule has 1 fully saturated rings. The summed E-state index contributed by atoms with van der Waals surface area (Å²) in [6.07, 6.45) is 1.34. The lowest BCUT2D eigenvalue weighted by atomic mass is 9.99. The standard InChI is InChI=1S/C22H24N4O5S/c1-15(2)16-8-10-17(11-9-16)21-23-22(31-24-21)18-5-4-12-25(14-18)32(29,30)20-7-3-6-19(13-20)26(27)28/h3,6-11,13,15,18H,4-5,12,14H2,1-2H3. The van der Waals surface area contributed by atoms with E-state index >= 15 is 0 Å². The van der Waals surface area contributed by atoms with Crippen molar-refractivity contribution in [1.82, 2.24) is 14.4 Å². The van der Waals surface area contributed by atoms with Crippen molar-refractivity contribution in [2.75, 3.05) is 13.1 Å². The minimum absolute atomic E-state index is 0.0937. The molecule has 1 saturated heterocycles. The Morgan fingerprint density at radius 2 is 1.94 bits per heavy atom. The second-order valence-corrected chi connectivity index (χ2v) is 10.1. The fourth-order valence-corrected chi connectivity index (χ4v) is 5.37. The molecule has 0 N–H and O–H groups in total. The van der Waals surface area contributed by atoms with Gasteiger partial charge in [0.1, 0.15) is 0 Å². The van der Waals surface area contributed by atoms with Crippen LogP contribution in [0, 0.1) is 10.1 Å². The van der Waals surface area contributed by atoms with Gasteiger partial charge in [0.25, 0.3) is 5.69 Å². The van der Waals surface area contributed by atoms with Gasteiger partial charge in [0.05, 0.1) is 15.7 Å². The minimum atomic E-state index is -3.88. The van der Waals surface area contributed by atoms with E-state index in [9.17, 15) is 18.5 Å². The number of nitrogens with zero attached hydrogens (tertiary/aromatic N) is 4. The Hall–Kier alpha value is -3.11. The number of hydrogen-bond acceptors (Lipinski definition) is 7. The second kappa shape index (κ2) is 8.79. The maximum absolute atomic E-state index is 13.1. The summed E-state index contributed by atoms with van der Waals surface area (Å²) in [5.41, 5.74) is 1.79. The molecule has 0 saturated carbocycles. The third-order valence-electron chi connectivity index (χ3n) is 5.68. The molecule has 1 atom stereocenters. The molecule has 1 aromatic heterocycles. The predicted octanol–water partition coefficient (Wildman–Crippen LogP) is 4.34. The summed E-state index contributed by atoms with van der Waals surface area (Å²) >= 11 is 0. The molecule has 0 amide bonds. The Morgan fingerprint density at radius 1 is 1.19 bits per heavy atom. The van der Waals surface area contributed by atoms with E-state index in [1.54, 1.807) is 0 Å². The number of nitro benzene ring substituents is 1. The van der Waals surface area contributed by atoms with Crippen LogP contribution in [0.1, 0.15) is 50.0 Å². The van der Waals surface area contributed by atoms with Crippen molar-refractivity contribution in [3.05, 3.63) is 70.1 Å². The molecule has 10 heteroatoms. The Labute approximate surface area is 186 Å². The van der Waals surface area contributed by atoms with Crippen molar-refractivity contribution in [1.29, 1.82) is 0 Å². The molecule has 0 radical (unpaired) electrons. The maximum atomic E-state index is 13.1. The highest BCUT2D eigenvalue weighted by atomic mass is 32.2. The molecule has 0 spiro atoms. The molecular formula is C22H24N4O5S. The smallest absolute Gasteiger partial charge is 0.270 e. The van der Waals surface area contributed by atoms with Gasteiger partial charge in [0, 0.05) is 30.8 Å². The molecular weight excluding hydrogens is 432 g/mol. The van der Waals surface area contributed by atoms with Gasteiger partial charge in [-0.3, -0.25) is 10.1 Å². The highest BCUT2D eigenvalue weighted by Crippen LogP contribution is 2.31. The molecule has 2 heterocycles. The van der Waals surface area contributed by atoms with Crippen LogP contribution in [0.5, 0.6) is 0 Å². The van der Waals surface area contributed by atoms with Gasteiger partial charge in [-0.25, -0.2) is 8.42 Å². The van der Waals surface area contributed by atoms with Crippen molar-refractivity contribution >= 4 is 15.7 Å². The molecule has 3 aromatic rings. The van der Waals surface area contributed by atoms with E-state index < -0.39 is 14.9 Å². The SMILES string of the molecule is CC(C)c1ccc(-c2noc(C3CCCN(S(=O)(=O)c4cccc([N+](=O)[O-])c4)C3)n2)cc1. The van der Waals surface area contributed by atoms with Gasteiger partial charge < -0.3 is 4.52 Å². The lowest BCUT2D eigenvalue weighted by molar-refractivity contribution is -0.385. The summed E-state index contributed by atoms with van der Waals surface area (Å²) in [6, 6.07) is 13.1. The first kappa shape index (κ1) is 22.1. The van der Waals surface area contributed by atoms with Crippen molar-refractivity contribution in [2.24, 2.45) is 0 Å². The van der Waals surface area contributed by atoms with E-state index in [0.29, 0.717) is 30.6 Å². The quantitative estimate of drug-likeness (QED) is 0.400. The van der Waals surface area contributed by atoms with Gasteiger partial charge >= 0.3 is 0 Å². The van der Waals surface area contributed by atoms with E-state index in [4.69, 9.17) is 4.52 Å².